The van der Waals surface area contributed by atoms with Crippen LogP contribution in [0.15, 0.2) is 24.3 Å². The summed E-state index contributed by atoms with van der Waals surface area (Å²) >= 11 is 0. The van der Waals surface area contributed by atoms with Gasteiger partial charge in [-0.15, -0.1) is 0 Å². The van der Waals surface area contributed by atoms with Crippen LogP contribution in [0.3, 0.4) is 0 Å². The van der Waals surface area contributed by atoms with Crippen molar-refractivity contribution in [1.82, 2.24) is 10.2 Å². The summed E-state index contributed by atoms with van der Waals surface area (Å²) in [4.78, 5) is 4.97. The molecule has 1 aliphatic heterocycles. The first-order chi connectivity index (χ1) is 8.54. The predicted molar refractivity (Wildman–Crippen MR) is 78.1 cm³/mol. The van der Waals surface area contributed by atoms with E-state index >= 15 is 0 Å². The number of piperazine rings is 1. The first-order valence-electron chi connectivity index (χ1n) is 6.73. The van der Waals surface area contributed by atoms with Gasteiger partial charge in [0.2, 0.25) is 0 Å². The zero-order valence-corrected chi connectivity index (χ0v) is 12.0. The highest BCUT2D eigenvalue weighted by Gasteiger charge is 2.31. The van der Waals surface area contributed by atoms with Crippen LogP contribution in [-0.2, 0) is 6.54 Å². The number of rotatable bonds is 3. The number of benzene rings is 1. The molecular formula is C15H25N3. The van der Waals surface area contributed by atoms with Crippen LogP contribution in [0.4, 0.5) is 5.69 Å². The lowest BCUT2D eigenvalue weighted by atomic mass is 9.98. The molecule has 1 aromatic carbocycles. The highest BCUT2D eigenvalue weighted by atomic mass is 15.3. The molecule has 3 nitrogen and oxygen atoms in total. The van der Waals surface area contributed by atoms with Crippen LogP contribution in [0.2, 0.25) is 0 Å². The van der Waals surface area contributed by atoms with Gasteiger partial charge < -0.3 is 10.2 Å². The van der Waals surface area contributed by atoms with Crippen LogP contribution in [-0.4, -0.2) is 44.2 Å². The van der Waals surface area contributed by atoms with Gasteiger partial charge in [-0.1, -0.05) is 18.2 Å². The van der Waals surface area contributed by atoms with Crippen molar-refractivity contribution in [2.24, 2.45) is 0 Å². The Morgan fingerprint density at radius 3 is 2.61 bits per heavy atom. The number of nitrogens with zero attached hydrogens (tertiary/aromatic N) is 2. The highest BCUT2D eigenvalue weighted by Crippen LogP contribution is 2.27. The summed E-state index contributed by atoms with van der Waals surface area (Å²) in [5.41, 5.74) is 3.01. The number of hydrogen-bond donors (Lipinski definition) is 1. The quantitative estimate of drug-likeness (QED) is 0.880. The zero-order chi connectivity index (χ0) is 13.2. The van der Waals surface area contributed by atoms with Crippen molar-refractivity contribution < 1.29 is 0 Å². The normalized spacial score (nSPS) is 20.1. The molecule has 100 valence electrons. The zero-order valence-electron chi connectivity index (χ0n) is 12.0. The van der Waals surface area contributed by atoms with E-state index in [0.29, 0.717) is 0 Å². The van der Waals surface area contributed by atoms with Crippen molar-refractivity contribution in [3.05, 3.63) is 29.8 Å². The Hall–Kier alpha value is -1.06. The van der Waals surface area contributed by atoms with Crippen LogP contribution in [0.5, 0.6) is 0 Å². The minimum atomic E-state index is 0.241. The molecule has 0 unspecified atom stereocenters. The molecule has 0 saturated carbocycles. The molecule has 1 saturated heterocycles. The maximum absolute atomic E-state index is 3.26. The van der Waals surface area contributed by atoms with Crippen LogP contribution < -0.4 is 10.2 Å². The van der Waals surface area contributed by atoms with Crippen LogP contribution in [0.25, 0.3) is 0 Å². The number of para-hydroxylation sites is 1. The average molecular weight is 247 g/mol. The summed E-state index contributed by atoms with van der Waals surface area (Å²) in [6.07, 6.45) is 0. The monoisotopic (exact) mass is 247 g/mol. The average Bonchev–Trinajstić information content (AvgIpc) is 2.34. The molecule has 1 fully saturated rings. The fraction of sp³-hybridized carbons (Fsp3) is 0.600. The van der Waals surface area contributed by atoms with E-state index in [1.807, 2.05) is 7.05 Å². The second kappa shape index (κ2) is 5.29. The SMILES string of the molecule is CNCc1ccccc1N1CCN(C)C(C)(C)C1. The Morgan fingerprint density at radius 1 is 1.22 bits per heavy atom. The molecule has 0 aromatic heterocycles. The Labute approximate surface area is 111 Å². The standard InChI is InChI=1S/C15H25N3/c1-15(2)12-18(10-9-17(15)4)14-8-6-5-7-13(14)11-16-3/h5-8,16H,9-12H2,1-4H3. The van der Waals surface area contributed by atoms with Crippen molar-refractivity contribution >= 4 is 5.69 Å². The Balaban J connectivity index is 2.22. The highest BCUT2D eigenvalue weighted by molar-refractivity contribution is 5.54. The van der Waals surface area contributed by atoms with Gasteiger partial charge in [-0.25, -0.2) is 0 Å². The topological polar surface area (TPSA) is 18.5 Å². The van der Waals surface area contributed by atoms with E-state index in [2.05, 4.69) is 60.3 Å². The fourth-order valence-electron chi connectivity index (χ4n) is 2.61. The van der Waals surface area contributed by atoms with Gasteiger partial charge in [0.25, 0.3) is 0 Å². The van der Waals surface area contributed by atoms with Gasteiger partial charge in [0.15, 0.2) is 0 Å². The van der Waals surface area contributed by atoms with Gasteiger partial charge in [-0.3, -0.25) is 4.90 Å². The van der Waals surface area contributed by atoms with E-state index in [4.69, 9.17) is 0 Å². The summed E-state index contributed by atoms with van der Waals surface area (Å²) < 4.78 is 0. The predicted octanol–water partition coefficient (Wildman–Crippen LogP) is 1.94. The van der Waals surface area contributed by atoms with Crippen LogP contribution in [0.1, 0.15) is 19.4 Å². The lowest BCUT2D eigenvalue weighted by Gasteiger charge is -2.46. The molecule has 2 rings (SSSR count). The van der Waals surface area contributed by atoms with Crippen molar-refractivity contribution in [3.63, 3.8) is 0 Å². The van der Waals surface area contributed by atoms with E-state index in [9.17, 15) is 0 Å². The molecule has 1 N–H and O–H groups in total. The minimum Gasteiger partial charge on any atom is -0.368 e. The first-order valence-corrected chi connectivity index (χ1v) is 6.73. The molecule has 1 aliphatic rings. The van der Waals surface area contributed by atoms with Gasteiger partial charge >= 0.3 is 0 Å². The molecule has 0 spiro atoms. The molecule has 1 aromatic rings. The molecule has 0 radical (unpaired) electrons. The third kappa shape index (κ3) is 2.68. The smallest absolute Gasteiger partial charge is 0.0412 e. The number of anilines is 1. The maximum atomic E-state index is 3.26. The lowest BCUT2D eigenvalue weighted by Crippen LogP contribution is -2.57. The fourth-order valence-corrected chi connectivity index (χ4v) is 2.61. The Bertz CT molecular complexity index is 400. The summed E-state index contributed by atoms with van der Waals surface area (Å²) in [6, 6.07) is 8.72. The second-order valence-electron chi connectivity index (χ2n) is 5.81. The molecule has 18 heavy (non-hydrogen) atoms. The lowest BCUT2D eigenvalue weighted by molar-refractivity contribution is 0.139. The summed E-state index contributed by atoms with van der Waals surface area (Å²) in [5.74, 6) is 0. The summed E-state index contributed by atoms with van der Waals surface area (Å²) in [6.45, 7) is 8.90. The van der Waals surface area contributed by atoms with E-state index < -0.39 is 0 Å². The minimum absolute atomic E-state index is 0.241. The molecular weight excluding hydrogens is 222 g/mol. The van der Waals surface area contributed by atoms with Crippen molar-refractivity contribution in [2.75, 3.05) is 38.6 Å². The van der Waals surface area contributed by atoms with Crippen LogP contribution in [0, 0.1) is 0 Å². The maximum Gasteiger partial charge on any atom is 0.0412 e. The Morgan fingerprint density at radius 2 is 1.94 bits per heavy atom. The van der Waals surface area contributed by atoms with Gasteiger partial charge in [0, 0.05) is 37.4 Å². The third-order valence-corrected chi connectivity index (χ3v) is 4.02. The van der Waals surface area contributed by atoms with Gasteiger partial charge in [-0.05, 0) is 39.6 Å². The summed E-state index contributed by atoms with van der Waals surface area (Å²) in [7, 11) is 4.22. The number of hydrogen-bond acceptors (Lipinski definition) is 3. The van der Waals surface area contributed by atoms with E-state index in [0.717, 1.165) is 26.2 Å². The molecule has 0 atom stereocenters. The molecule has 0 aliphatic carbocycles. The van der Waals surface area contributed by atoms with Gasteiger partial charge in [0.1, 0.15) is 0 Å². The van der Waals surface area contributed by atoms with E-state index in [1.54, 1.807) is 0 Å². The molecule has 0 amide bonds. The van der Waals surface area contributed by atoms with Gasteiger partial charge in [0.05, 0.1) is 0 Å². The Kier molecular flexibility index (Phi) is 3.93. The van der Waals surface area contributed by atoms with Crippen molar-refractivity contribution in [3.8, 4) is 0 Å². The third-order valence-electron chi connectivity index (χ3n) is 4.02. The van der Waals surface area contributed by atoms with Crippen molar-refractivity contribution in [2.45, 2.75) is 25.9 Å². The molecule has 1 heterocycles. The van der Waals surface area contributed by atoms with E-state index in [-0.39, 0.29) is 5.54 Å². The molecule has 0 bridgehead atoms. The summed E-state index contributed by atoms with van der Waals surface area (Å²) in [5, 5.41) is 3.26. The second-order valence-corrected chi connectivity index (χ2v) is 5.81. The largest absolute Gasteiger partial charge is 0.368 e. The van der Waals surface area contributed by atoms with Crippen molar-refractivity contribution in [1.29, 1.82) is 0 Å². The number of nitrogens with one attached hydrogen (secondary N) is 1. The van der Waals surface area contributed by atoms with Gasteiger partial charge in [-0.2, -0.15) is 0 Å². The molecule has 3 heteroatoms. The number of likely N-dealkylation sites (N-methyl/N-ethyl adjacent to an activating group) is 1. The first kappa shape index (κ1) is 13.4. The van der Waals surface area contributed by atoms with Crippen LogP contribution >= 0.6 is 0 Å². The van der Waals surface area contributed by atoms with E-state index in [1.165, 1.54) is 11.3 Å².